The molecule has 0 atom stereocenters. The number of amides is 2. The number of hydrogen-bond acceptors (Lipinski definition) is 5. The van der Waals surface area contributed by atoms with Crippen molar-refractivity contribution in [3.8, 4) is 0 Å². The summed E-state index contributed by atoms with van der Waals surface area (Å²) in [5, 5.41) is 15.4. The van der Waals surface area contributed by atoms with Gasteiger partial charge in [0.1, 0.15) is 5.01 Å². The van der Waals surface area contributed by atoms with Gasteiger partial charge in [-0.15, -0.1) is 10.2 Å². The number of aromatic nitrogens is 2. The number of anilines is 2. The van der Waals surface area contributed by atoms with Crippen LogP contribution in [0.3, 0.4) is 0 Å². The van der Waals surface area contributed by atoms with Gasteiger partial charge in [0, 0.05) is 23.1 Å². The van der Waals surface area contributed by atoms with E-state index in [2.05, 4.69) is 34.7 Å². The third-order valence-electron chi connectivity index (χ3n) is 4.77. The largest absolute Gasteiger partial charge is 0.326 e. The van der Waals surface area contributed by atoms with Gasteiger partial charge in [-0.2, -0.15) is 0 Å². The fourth-order valence-electron chi connectivity index (χ4n) is 2.87. The summed E-state index contributed by atoms with van der Waals surface area (Å²) in [5.74, 6) is 0.167. The summed E-state index contributed by atoms with van der Waals surface area (Å²) in [7, 11) is 0. The quantitative estimate of drug-likeness (QED) is 0.628. The molecule has 0 fully saturated rings. The van der Waals surface area contributed by atoms with Crippen LogP contribution >= 0.6 is 11.3 Å². The Bertz CT molecular complexity index is 750. The third kappa shape index (κ3) is 5.60. The van der Waals surface area contributed by atoms with Gasteiger partial charge in [-0.05, 0) is 49.9 Å². The van der Waals surface area contributed by atoms with Crippen LogP contribution in [0.1, 0.15) is 74.7 Å². The van der Waals surface area contributed by atoms with E-state index >= 15 is 0 Å². The van der Waals surface area contributed by atoms with Gasteiger partial charge < -0.3 is 5.32 Å². The van der Waals surface area contributed by atoms with Crippen LogP contribution < -0.4 is 10.6 Å². The lowest BCUT2D eigenvalue weighted by molar-refractivity contribution is -0.120. The summed E-state index contributed by atoms with van der Waals surface area (Å²) in [6.07, 6.45) is 3.62. The first-order chi connectivity index (χ1) is 13.0. The van der Waals surface area contributed by atoms with Crippen molar-refractivity contribution in [1.29, 1.82) is 0 Å². The Morgan fingerprint density at radius 3 is 2.11 bits per heavy atom. The minimum Gasteiger partial charge on any atom is -0.326 e. The zero-order valence-electron chi connectivity index (χ0n) is 16.4. The molecule has 0 saturated heterocycles. The summed E-state index contributed by atoms with van der Waals surface area (Å²) in [6, 6.07) is 6.87. The smallest absolute Gasteiger partial charge is 0.257 e. The molecular weight excluding hydrogens is 360 g/mol. The van der Waals surface area contributed by atoms with Crippen LogP contribution in [-0.4, -0.2) is 22.0 Å². The van der Waals surface area contributed by atoms with Crippen molar-refractivity contribution >= 4 is 34.0 Å². The van der Waals surface area contributed by atoms with Crippen LogP contribution in [0.2, 0.25) is 0 Å². The van der Waals surface area contributed by atoms with E-state index in [0.29, 0.717) is 22.3 Å². The molecule has 0 bridgehead atoms. The number of benzene rings is 1. The number of nitrogens with zero attached hydrogens (tertiary/aromatic N) is 2. The van der Waals surface area contributed by atoms with Crippen LogP contribution in [0.25, 0.3) is 0 Å². The Morgan fingerprint density at radius 1 is 0.926 bits per heavy atom. The Morgan fingerprint density at radius 2 is 1.56 bits per heavy atom. The van der Waals surface area contributed by atoms with Gasteiger partial charge >= 0.3 is 0 Å². The predicted octanol–water partition coefficient (Wildman–Crippen LogP) is 5.07. The van der Waals surface area contributed by atoms with Gasteiger partial charge in [0.25, 0.3) is 5.91 Å². The van der Waals surface area contributed by atoms with E-state index in [1.54, 1.807) is 24.3 Å². The van der Waals surface area contributed by atoms with Crippen molar-refractivity contribution in [2.45, 2.75) is 59.3 Å². The maximum absolute atomic E-state index is 12.4. The average molecular weight is 389 g/mol. The van der Waals surface area contributed by atoms with Gasteiger partial charge in [-0.1, -0.05) is 39.0 Å². The minimum absolute atomic E-state index is 0.00893. The fraction of sp³-hybridized carbons (Fsp3) is 0.500. The molecule has 7 heteroatoms. The Hall–Kier alpha value is -2.28. The van der Waals surface area contributed by atoms with Crippen molar-refractivity contribution in [3.63, 3.8) is 0 Å². The van der Waals surface area contributed by atoms with E-state index in [4.69, 9.17) is 0 Å². The summed E-state index contributed by atoms with van der Waals surface area (Å²) >= 11 is 1.42. The second-order valence-electron chi connectivity index (χ2n) is 6.49. The molecule has 0 radical (unpaired) electrons. The lowest BCUT2D eigenvalue weighted by Crippen LogP contribution is -2.21. The van der Waals surface area contributed by atoms with Crippen LogP contribution in [0.4, 0.5) is 10.8 Å². The molecule has 1 aromatic carbocycles. The predicted molar refractivity (Wildman–Crippen MR) is 110 cm³/mol. The number of hydrogen-bond donors (Lipinski definition) is 2. The number of rotatable bonds is 9. The van der Waals surface area contributed by atoms with Crippen LogP contribution in [0, 0.1) is 5.92 Å². The molecule has 0 unspecified atom stereocenters. The first-order valence-corrected chi connectivity index (χ1v) is 10.4. The number of carbonyl (C=O) groups excluding carboxylic acids is 2. The molecule has 2 rings (SSSR count). The van der Waals surface area contributed by atoms with E-state index in [-0.39, 0.29) is 17.7 Å². The standard InChI is InChI=1S/C20H28N4O2S/c1-5-13(6-2)17(25)21-16-11-9-15(10-12-16)18(26)22-20-24-23-19(27-20)14(7-3)8-4/h9-14H,5-8H2,1-4H3,(H,21,25)(H,22,24,26). The molecule has 2 N–H and O–H groups in total. The molecule has 0 aliphatic carbocycles. The van der Waals surface area contributed by atoms with Crippen LogP contribution in [0.15, 0.2) is 24.3 Å². The van der Waals surface area contributed by atoms with E-state index in [0.717, 1.165) is 30.7 Å². The van der Waals surface area contributed by atoms with Crippen molar-refractivity contribution in [2.24, 2.45) is 5.92 Å². The van der Waals surface area contributed by atoms with Crippen LogP contribution in [-0.2, 0) is 4.79 Å². The summed E-state index contributed by atoms with van der Waals surface area (Å²) in [6.45, 7) is 8.25. The van der Waals surface area contributed by atoms with Crippen molar-refractivity contribution in [2.75, 3.05) is 10.6 Å². The molecule has 0 aliphatic heterocycles. The van der Waals surface area contributed by atoms with Crippen molar-refractivity contribution < 1.29 is 9.59 Å². The monoisotopic (exact) mass is 388 g/mol. The average Bonchev–Trinajstić information content (AvgIpc) is 3.12. The molecule has 0 spiro atoms. The zero-order chi connectivity index (χ0) is 19.8. The Kier molecular flexibility index (Phi) is 7.91. The maximum Gasteiger partial charge on any atom is 0.257 e. The maximum atomic E-state index is 12.4. The molecule has 146 valence electrons. The van der Waals surface area contributed by atoms with Gasteiger partial charge in [0.2, 0.25) is 11.0 Å². The van der Waals surface area contributed by atoms with E-state index in [9.17, 15) is 9.59 Å². The lowest BCUT2D eigenvalue weighted by Gasteiger charge is -2.13. The van der Waals surface area contributed by atoms with Gasteiger partial charge in [0.05, 0.1) is 0 Å². The number of nitrogens with one attached hydrogen (secondary N) is 2. The summed E-state index contributed by atoms with van der Waals surface area (Å²) in [4.78, 5) is 24.5. The normalized spacial score (nSPS) is 11.0. The highest BCUT2D eigenvalue weighted by Crippen LogP contribution is 2.28. The highest BCUT2D eigenvalue weighted by molar-refractivity contribution is 7.15. The third-order valence-corrected chi connectivity index (χ3v) is 5.77. The molecule has 0 aliphatic rings. The highest BCUT2D eigenvalue weighted by Gasteiger charge is 2.16. The van der Waals surface area contributed by atoms with Gasteiger partial charge in [-0.3, -0.25) is 14.9 Å². The first-order valence-electron chi connectivity index (χ1n) is 9.57. The van der Waals surface area contributed by atoms with Gasteiger partial charge in [-0.25, -0.2) is 0 Å². The Labute approximate surface area is 164 Å². The minimum atomic E-state index is -0.236. The van der Waals surface area contributed by atoms with Crippen molar-refractivity contribution in [3.05, 3.63) is 34.8 Å². The molecule has 6 nitrogen and oxygen atoms in total. The van der Waals surface area contributed by atoms with Gasteiger partial charge in [0.15, 0.2) is 0 Å². The van der Waals surface area contributed by atoms with E-state index in [1.165, 1.54) is 11.3 Å². The lowest BCUT2D eigenvalue weighted by atomic mass is 10.0. The highest BCUT2D eigenvalue weighted by atomic mass is 32.1. The topological polar surface area (TPSA) is 84.0 Å². The molecule has 27 heavy (non-hydrogen) atoms. The van der Waals surface area contributed by atoms with Crippen molar-refractivity contribution in [1.82, 2.24) is 10.2 Å². The summed E-state index contributed by atoms with van der Waals surface area (Å²) < 4.78 is 0. The second-order valence-corrected chi connectivity index (χ2v) is 7.50. The van der Waals surface area contributed by atoms with E-state index in [1.807, 2.05) is 13.8 Å². The second kappa shape index (κ2) is 10.2. The molecule has 0 saturated carbocycles. The molecule has 2 amide bonds. The summed E-state index contributed by atoms with van der Waals surface area (Å²) in [5.41, 5.74) is 1.20. The van der Waals surface area contributed by atoms with Crippen LogP contribution in [0.5, 0.6) is 0 Å². The SMILES string of the molecule is CCC(CC)C(=O)Nc1ccc(C(=O)Nc2nnc(C(CC)CC)s2)cc1. The molecule has 1 aromatic heterocycles. The fourth-order valence-corrected chi connectivity index (χ4v) is 3.87. The molecular formula is C20H28N4O2S. The Balaban J connectivity index is 1.98. The molecule has 2 aromatic rings. The zero-order valence-corrected chi connectivity index (χ0v) is 17.2. The first kappa shape index (κ1) is 21.0. The van der Waals surface area contributed by atoms with E-state index < -0.39 is 0 Å². The molecule has 1 heterocycles. The number of carbonyl (C=O) groups is 2.